The SMILES string of the molecule is Cn1cc(C(NC(=O)CCn2ccnc2)C(=O)O)cn1. The summed E-state index contributed by atoms with van der Waals surface area (Å²) in [6.07, 6.45) is 8.13. The van der Waals surface area contributed by atoms with Gasteiger partial charge in [0.25, 0.3) is 0 Å². The summed E-state index contributed by atoms with van der Waals surface area (Å²) in [7, 11) is 1.68. The molecule has 2 heterocycles. The largest absolute Gasteiger partial charge is 0.479 e. The van der Waals surface area contributed by atoms with Crippen LogP contribution in [0.25, 0.3) is 0 Å². The monoisotopic (exact) mass is 277 g/mol. The van der Waals surface area contributed by atoms with E-state index < -0.39 is 12.0 Å². The minimum atomic E-state index is -1.12. The fraction of sp³-hybridized carbons (Fsp3) is 0.333. The van der Waals surface area contributed by atoms with Gasteiger partial charge < -0.3 is 15.0 Å². The second-order valence-corrected chi connectivity index (χ2v) is 4.34. The van der Waals surface area contributed by atoms with Gasteiger partial charge in [0.1, 0.15) is 0 Å². The van der Waals surface area contributed by atoms with Crippen molar-refractivity contribution >= 4 is 11.9 Å². The van der Waals surface area contributed by atoms with Gasteiger partial charge in [-0.2, -0.15) is 5.10 Å². The Balaban J connectivity index is 1.94. The predicted octanol–water partition coefficient (Wildman–Crippen LogP) is -0.0512. The van der Waals surface area contributed by atoms with Crippen LogP contribution in [0.15, 0.2) is 31.1 Å². The molecule has 1 amide bonds. The van der Waals surface area contributed by atoms with Crippen LogP contribution in [0.5, 0.6) is 0 Å². The van der Waals surface area contributed by atoms with Crippen LogP contribution < -0.4 is 5.32 Å². The Kier molecular flexibility index (Phi) is 4.14. The van der Waals surface area contributed by atoms with Crippen LogP contribution in [-0.4, -0.2) is 36.3 Å². The number of nitrogens with one attached hydrogen (secondary N) is 1. The number of aryl methyl sites for hydroxylation is 2. The van der Waals surface area contributed by atoms with Crippen molar-refractivity contribution in [3.05, 3.63) is 36.7 Å². The molecule has 0 fully saturated rings. The molecule has 0 aliphatic rings. The molecule has 2 aromatic rings. The molecule has 0 radical (unpaired) electrons. The summed E-state index contributed by atoms with van der Waals surface area (Å²) in [5.41, 5.74) is 0.441. The first-order chi connectivity index (χ1) is 9.56. The molecule has 2 aromatic heterocycles. The van der Waals surface area contributed by atoms with Crippen molar-refractivity contribution in [1.82, 2.24) is 24.6 Å². The Hall–Kier alpha value is -2.64. The van der Waals surface area contributed by atoms with Gasteiger partial charge >= 0.3 is 5.97 Å². The molecule has 0 aliphatic carbocycles. The number of carboxylic acids is 1. The van der Waals surface area contributed by atoms with Gasteiger partial charge in [0.05, 0.1) is 12.5 Å². The number of hydrogen-bond donors (Lipinski definition) is 2. The van der Waals surface area contributed by atoms with Crippen LogP contribution in [0.4, 0.5) is 0 Å². The highest BCUT2D eigenvalue weighted by Gasteiger charge is 2.23. The number of carbonyl (C=O) groups excluding carboxylic acids is 1. The maximum atomic E-state index is 11.8. The fourth-order valence-corrected chi connectivity index (χ4v) is 1.76. The van der Waals surface area contributed by atoms with Crippen LogP contribution in [0, 0.1) is 0 Å². The molecule has 1 atom stereocenters. The lowest BCUT2D eigenvalue weighted by Crippen LogP contribution is -2.34. The zero-order valence-corrected chi connectivity index (χ0v) is 10.9. The molecule has 2 N–H and O–H groups in total. The van der Waals surface area contributed by atoms with E-state index in [1.807, 2.05) is 0 Å². The smallest absolute Gasteiger partial charge is 0.331 e. The maximum absolute atomic E-state index is 11.8. The minimum absolute atomic E-state index is 0.181. The van der Waals surface area contributed by atoms with Gasteiger partial charge in [0.15, 0.2) is 6.04 Å². The van der Waals surface area contributed by atoms with E-state index in [1.54, 1.807) is 36.5 Å². The number of nitrogens with zero attached hydrogens (tertiary/aromatic N) is 4. The molecule has 20 heavy (non-hydrogen) atoms. The summed E-state index contributed by atoms with van der Waals surface area (Å²) in [6, 6.07) is -1.08. The number of rotatable bonds is 6. The van der Waals surface area contributed by atoms with E-state index in [-0.39, 0.29) is 12.3 Å². The lowest BCUT2D eigenvalue weighted by Gasteiger charge is -2.12. The van der Waals surface area contributed by atoms with Gasteiger partial charge in [-0.1, -0.05) is 0 Å². The Morgan fingerprint density at radius 3 is 2.85 bits per heavy atom. The Bertz CT molecular complexity index is 590. The average Bonchev–Trinajstić information content (AvgIpc) is 3.04. The molecular formula is C12H15N5O3. The van der Waals surface area contributed by atoms with E-state index in [9.17, 15) is 14.7 Å². The topological polar surface area (TPSA) is 102 Å². The molecule has 0 aromatic carbocycles. The van der Waals surface area contributed by atoms with Crippen LogP contribution >= 0.6 is 0 Å². The van der Waals surface area contributed by atoms with Crippen molar-refractivity contribution in [3.8, 4) is 0 Å². The molecule has 0 saturated carbocycles. The fourth-order valence-electron chi connectivity index (χ4n) is 1.76. The quantitative estimate of drug-likeness (QED) is 0.770. The van der Waals surface area contributed by atoms with Gasteiger partial charge in [0, 0.05) is 44.2 Å². The summed E-state index contributed by atoms with van der Waals surface area (Å²) in [4.78, 5) is 26.9. The number of aromatic nitrogens is 4. The maximum Gasteiger partial charge on any atom is 0.331 e. The van der Waals surface area contributed by atoms with Gasteiger partial charge in [-0.15, -0.1) is 0 Å². The molecule has 106 valence electrons. The molecule has 2 rings (SSSR count). The van der Waals surface area contributed by atoms with Crippen molar-refractivity contribution < 1.29 is 14.7 Å². The van der Waals surface area contributed by atoms with Crippen LogP contribution in [0.3, 0.4) is 0 Å². The molecule has 0 saturated heterocycles. The summed E-state index contributed by atoms with van der Waals surface area (Å²) in [5, 5.41) is 15.6. The summed E-state index contributed by atoms with van der Waals surface area (Å²) < 4.78 is 3.24. The second-order valence-electron chi connectivity index (χ2n) is 4.34. The van der Waals surface area contributed by atoms with Crippen LogP contribution in [0.1, 0.15) is 18.0 Å². The van der Waals surface area contributed by atoms with E-state index in [2.05, 4.69) is 15.4 Å². The van der Waals surface area contributed by atoms with E-state index in [0.717, 1.165) is 0 Å². The highest BCUT2D eigenvalue weighted by molar-refractivity contribution is 5.84. The third-order valence-electron chi connectivity index (χ3n) is 2.77. The zero-order chi connectivity index (χ0) is 14.5. The Morgan fingerprint density at radius 2 is 2.30 bits per heavy atom. The van der Waals surface area contributed by atoms with Crippen molar-refractivity contribution in [1.29, 1.82) is 0 Å². The minimum Gasteiger partial charge on any atom is -0.479 e. The highest BCUT2D eigenvalue weighted by atomic mass is 16.4. The third kappa shape index (κ3) is 3.44. The molecule has 8 heteroatoms. The third-order valence-corrected chi connectivity index (χ3v) is 2.77. The van der Waals surface area contributed by atoms with Crippen molar-refractivity contribution in [3.63, 3.8) is 0 Å². The van der Waals surface area contributed by atoms with E-state index in [4.69, 9.17) is 0 Å². The van der Waals surface area contributed by atoms with E-state index >= 15 is 0 Å². The Morgan fingerprint density at radius 1 is 1.50 bits per heavy atom. The first kappa shape index (κ1) is 13.8. The van der Waals surface area contributed by atoms with E-state index in [1.165, 1.54) is 10.9 Å². The standard InChI is InChI=1S/C12H15N5O3/c1-16-7-9(6-14-16)11(12(19)20)15-10(18)2-4-17-5-3-13-8-17/h3,5-8,11H,2,4H2,1H3,(H,15,18)(H,19,20). The normalized spacial score (nSPS) is 12.1. The summed E-state index contributed by atoms with van der Waals surface area (Å²) >= 11 is 0. The molecule has 0 aliphatic heterocycles. The zero-order valence-electron chi connectivity index (χ0n) is 10.9. The lowest BCUT2D eigenvalue weighted by atomic mass is 10.1. The van der Waals surface area contributed by atoms with Crippen molar-refractivity contribution in [2.75, 3.05) is 0 Å². The molecule has 1 unspecified atom stereocenters. The molecule has 0 spiro atoms. The number of hydrogen-bond acceptors (Lipinski definition) is 4. The summed E-state index contributed by atoms with van der Waals surface area (Å²) in [5.74, 6) is -1.45. The number of carboxylic acid groups (broad SMARTS) is 1. The average molecular weight is 277 g/mol. The van der Waals surface area contributed by atoms with E-state index in [0.29, 0.717) is 12.1 Å². The van der Waals surface area contributed by atoms with Gasteiger partial charge in [-0.25, -0.2) is 9.78 Å². The first-order valence-corrected chi connectivity index (χ1v) is 6.02. The highest BCUT2D eigenvalue weighted by Crippen LogP contribution is 2.12. The first-order valence-electron chi connectivity index (χ1n) is 6.02. The van der Waals surface area contributed by atoms with Gasteiger partial charge in [0.2, 0.25) is 5.91 Å². The van der Waals surface area contributed by atoms with Crippen molar-refractivity contribution in [2.24, 2.45) is 7.05 Å². The molecular weight excluding hydrogens is 262 g/mol. The molecule has 0 bridgehead atoms. The van der Waals surface area contributed by atoms with Crippen molar-refractivity contribution in [2.45, 2.75) is 19.0 Å². The summed E-state index contributed by atoms with van der Waals surface area (Å²) in [6.45, 7) is 0.450. The van der Waals surface area contributed by atoms with Gasteiger partial charge in [-0.3, -0.25) is 9.48 Å². The molecule has 8 nitrogen and oxygen atoms in total. The number of carbonyl (C=O) groups is 2. The van der Waals surface area contributed by atoms with Gasteiger partial charge in [-0.05, 0) is 0 Å². The predicted molar refractivity (Wildman–Crippen MR) is 68.6 cm³/mol. The number of imidazole rings is 1. The Labute approximate surface area is 115 Å². The lowest BCUT2D eigenvalue weighted by molar-refractivity contribution is -0.142. The second kappa shape index (κ2) is 6.00. The van der Waals surface area contributed by atoms with Crippen LogP contribution in [0.2, 0.25) is 0 Å². The van der Waals surface area contributed by atoms with Crippen LogP contribution in [-0.2, 0) is 23.2 Å². The number of aliphatic carboxylic acids is 1. The number of amides is 1.